The molecule has 2 rings (SSSR count). The molecule has 5 nitrogen and oxygen atoms in total. The smallest absolute Gasteiger partial charge is 0.290 e. The Morgan fingerprint density at radius 1 is 1.31 bits per heavy atom. The van der Waals surface area contributed by atoms with Gasteiger partial charge < -0.3 is 10.8 Å². The Hall–Kier alpha value is -1.37. The molecular weight excluding hydrogens is 230 g/mol. The highest BCUT2D eigenvalue weighted by Crippen LogP contribution is 2.33. The van der Waals surface area contributed by atoms with E-state index in [0.717, 1.165) is 0 Å². The van der Waals surface area contributed by atoms with E-state index in [9.17, 15) is 13.5 Å². The number of anilines is 1. The van der Waals surface area contributed by atoms with E-state index in [0.29, 0.717) is 16.8 Å². The van der Waals surface area contributed by atoms with Crippen molar-refractivity contribution in [2.45, 2.75) is 6.42 Å². The Morgan fingerprint density at radius 2 is 2.00 bits per heavy atom. The third-order valence-corrected chi connectivity index (χ3v) is 3.30. The number of hydrogen-bond donors (Lipinski definition) is 3. The van der Waals surface area contributed by atoms with Crippen LogP contribution in [0.3, 0.4) is 0 Å². The van der Waals surface area contributed by atoms with Gasteiger partial charge in [0, 0.05) is 12.1 Å². The number of fused-ring (bicyclic) bond motifs is 1. The van der Waals surface area contributed by atoms with Gasteiger partial charge in [0.05, 0.1) is 4.91 Å². The number of rotatable bonds is 1. The van der Waals surface area contributed by atoms with Gasteiger partial charge in [-0.1, -0.05) is 6.07 Å². The first-order valence-corrected chi connectivity index (χ1v) is 5.94. The Morgan fingerprint density at radius 3 is 2.62 bits per heavy atom. The van der Waals surface area contributed by atoms with Gasteiger partial charge in [0.1, 0.15) is 6.10 Å². The van der Waals surface area contributed by atoms with Crippen LogP contribution in [-0.4, -0.2) is 18.1 Å². The Labute approximate surface area is 93.0 Å². The lowest BCUT2D eigenvalue weighted by Crippen LogP contribution is -2.13. The number of aliphatic hydroxyl groups is 1. The number of nitrogen functional groups attached to an aromatic ring is 1. The van der Waals surface area contributed by atoms with E-state index < -0.39 is 10.1 Å². The van der Waals surface area contributed by atoms with Gasteiger partial charge in [0.2, 0.25) is 0 Å². The Balaban J connectivity index is 2.60. The Bertz CT molecular complexity index is 562. The molecule has 0 amide bonds. The molecule has 0 saturated carbocycles. The van der Waals surface area contributed by atoms with Crippen LogP contribution in [0.1, 0.15) is 17.5 Å². The second-order valence-electron chi connectivity index (χ2n) is 3.56. The highest BCUT2D eigenvalue weighted by atomic mass is 32.2. The summed E-state index contributed by atoms with van der Waals surface area (Å²) < 4.78 is 30.8. The fourth-order valence-corrected chi connectivity index (χ4v) is 2.21. The second-order valence-corrected chi connectivity index (χ2v) is 5.03. The van der Waals surface area contributed by atoms with E-state index >= 15 is 0 Å². The molecule has 0 unspecified atom stereocenters. The monoisotopic (exact) mass is 240 g/mol. The van der Waals surface area contributed by atoms with Crippen molar-refractivity contribution in [3.63, 3.8) is 0 Å². The fourth-order valence-electron chi connectivity index (χ4n) is 1.61. The first-order valence-electron chi connectivity index (χ1n) is 4.50. The fraction of sp³-hybridized carbons (Fsp3) is 0.100. The summed E-state index contributed by atoms with van der Waals surface area (Å²) in [6.45, 7) is 0. The van der Waals surface area contributed by atoms with Crippen LogP contribution < -0.4 is 5.73 Å². The van der Waals surface area contributed by atoms with Crippen LogP contribution in [0.5, 0.6) is 0 Å². The van der Waals surface area contributed by atoms with E-state index in [1.807, 2.05) is 0 Å². The van der Waals surface area contributed by atoms with Gasteiger partial charge in [-0.15, -0.1) is 0 Å². The van der Waals surface area contributed by atoms with Crippen molar-refractivity contribution in [3.05, 3.63) is 40.3 Å². The second kappa shape index (κ2) is 3.58. The maximum absolute atomic E-state index is 11.0. The molecule has 0 aliphatic heterocycles. The first kappa shape index (κ1) is 11.1. The minimum Gasteiger partial charge on any atom is -0.399 e. The summed E-state index contributed by atoms with van der Waals surface area (Å²) in [5.74, 6) is 0. The van der Waals surface area contributed by atoms with Crippen LogP contribution in [0.4, 0.5) is 5.69 Å². The van der Waals surface area contributed by atoms with Crippen LogP contribution in [0.25, 0.3) is 6.08 Å². The molecule has 16 heavy (non-hydrogen) atoms. The third kappa shape index (κ3) is 1.95. The van der Waals surface area contributed by atoms with Crippen LogP contribution in [0.15, 0.2) is 23.1 Å². The van der Waals surface area contributed by atoms with Gasteiger partial charge in [-0.05, 0) is 29.3 Å². The van der Waals surface area contributed by atoms with Gasteiger partial charge in [-0.3, -0.25) is 4.55 Å². The molecule has 0 spiro atoms. The van der Waals surface area contributed by atoms with Crippen molar-refractivity contribution in [1.82, 2.24) is 0 Å². The Kier molecular flexibility index (Phi) is 2.49. The lowest BCUT2D eigenvalue weighted by atomic mass is 9.94. The minimum absolute atomic E-state index is 0.0925. The molecule has 1 radical (unpaired) electrons. The lowest BCUT2D eigenvalue weighted by molar-refractivity contribution is 0.322. The average Bonchev–Trinajstić information content (AvgIpc) is 2.15. The highest BCUT2D eigenvalue weighted by molar-refractivity contribution is 7.90. The quantitative estimate of drug-likeness (QED) is 0.505. The van der Waals surface area contributed by atoms with Crippen LogP contribution in [0, 0.1) is 6.10 Å². The van der Waals surface area contributed by atoms with E-state index in [1.54, 1.807) is 12.1 Å². The summed E-state index contributed by atoms with van der Waals surface area (Å²) in [6, 6.07) is 4.76. The largest absolute Gasteiger partial charge is 0.399 e. The molecule has 1 aromatic carbocycles. The molecular formula is C10H10NO4S. The predicted octanol–water partition coefficient (Wildman–Crippen LogP) is 1.15. The molecule has 1 aliphatic rings. The van der Waals surface area contributed by atoms with Gasteiger partial charge >= 0.3 is 0 Å². The normalized spacial score (nSPS) is 16.8. The maximum atomic E-state index is 11.0. The standard InChI is InChI=1S/C10H10NO4S/c11-7-1-2-9-6(3-7)4-8(5-10(9)12)16(13,14)15/h1-4,12H,5,11H2,(H,13,14,15). The lowest BCUT2D eigenvalue weighted by Gasteiger charge is -2.19. The predicted molar refractivity (Wildman–Crippen MR) is 59.3 cm³/mol. The molecule has 0 saturated heterocycles. The van der Waals surface area contributed by atoms with Crippen molar-refractivity contribution < 1.29 is 18.1 Å². The molecule has 0 aromatic heterocycles. The van der Waals surface area contributed by atoms with Crippen molar-refractivity contribution in [1.29, 1.82) is 0 Å². The van der Waals surface area contributed by atoms with Gasteiger partial charge in [-0.2, -0.15) is 8.42 Å². The summed E-state index contributed by atoms with van der Waals surface area (Å²) in [5, 5.41) is 9.65. The van der Waals surface area contributed by atoms with E-state index in [4.69, 9.17) is 10.3 Å². The van der Waals surface area contributed by atoms with Crippen LogP contribution >= 0.6 is 0 Å². The molecule has 1 aliphatic carbocycles. The molecule has 0 bridgehead atoms. The molecule has 1 aromatic rings. The number of aliphatic hydroxyl groups excluding tert-OH is 1. The zero-order valence-corrected chi connectivity index (χ0v) is 9.03. The topological polar surface area (TPSA) is 101 Å². The molecule has 6 heteroatoms. The molecule has 0 fully saturated rings. The van der Waals surface area contributed by atoms with Crippen molar-refractivity contribution in [2.75, 3.05) is 5.73 Å². The molecule has 85 valence electrons. The minimum atomic E-state index is -4.27. The zero-order chi connectivity index (χ0) is 11.9. The zero-order valence-electron chi connectivity index (χ0n) is 8.21. The number of nitrogens with two attached hydrogens (primary N) is 1. The van der Waals surface area contributed by atoms with Crippen molar-refractivity contribution in [2.24, 2.45) is 0 Å². The SMILES string of the molecule is Nc1ccc2c(c1)C=C(S(=O)(=O)O)C[C]2O. The molecule has 0 heterocycles. The first-order chi connectivity index (χ1) is 7.38. The van der Waals surface area contributed by atoms with Crippen LogP contribution in [-0.2, 0) is 10.1 Å². The van der Waals surface area contributed by atoms with Gasteiger partial charge in [-0.25, -0.2) is 0 Å². The number of hydrogen-bond acceptors (Lipinski definition) is 4. The van der Waals surface area contributed by atoms with Crippen molar-refractivity contribution in [3.8, 4) is 0 Å². The average molecular weight is 240 g/mol. The van der Waals surface area contributed by atoms with Gasteiger partial charge in [0.25, 0.3) is 10.1 Å². The van der Waals surface area contributed by atoms with E-state index in [2.05, 4.69) is 0 Å². The van der Waals surface area contributed by atoms with E-state index in [-0.39, 0.29) is 17.4 Å². The summed E-state index contributed by atoms with van der Waals surface area (Å²) in [5.41, 5.74) is 7.02. The molecule has 4 N–H and O–H groups in total. The summed E-state index contributed by atoms with van der Waals surface area (Å²) in [4.78, 5) is -0.233. The van der Waals surface area contributed by atoms with Gasteiger partial charge in [0.15, 0.2) is 0 Å². The molecule has 0 atom stereocenters. The van der Waals surface area contributed by atoms with E-state index in [1.165, 1.54) is 12.1 Å². The third-order valence-electron chi connectivity index (χ3n) is 2.38. The number of benzene rings is 1. The summed E-state index contributed by atoms with van der Waals surface area (Å²) in [6.07, 6.45) is 1.02. The maximum Gasteiger partial charge on any atom is 0.290 e. The summed E-state index contributed by atoms with van der Waals surface area (Å²) in [7, 11) is -4.27. The van der Waals surface area contributed by atoms with Crippen LogP contribution in [0.2, 0.25) is 0 Å². The van der Waals surface area contributed by atoms with Crippen molar-refractivity contribution >= 4 is 21.9 Å². The highest BCUT2D eigenvalue weighted by Gasteiger charge is 2.26. The summed E-state index contributed by atoms with van der Waals surface area (Å²) >= 11 is 0.